The summed E-state index contributed by atoms with van der Waals surface area (Å²) in [6, 6.07) is 0.624. The first kappa shape index (κ1) is 7.43. The second-order valence-corrected chi connectivity index (χ2v) is 3.95. The van der Waals surface area contributed by atoms with Crippen molar-refractivity contribution in [3.05, 3.63) is 0 Å². The fourth-order valence-electron chi connectivity index (χ4n) is 1.37. The van der Waals surface area contributed by atoms with E-state index in [0.717, 1.165) is 30.6 Å². The Bertz CT molecular complexity index is 163. The van der Waals surface area contributed by atoms with E-state index in [1.54, 1.807) is 0 Å². The van der Waals surface area contributed by atoms with Gasteiger partial charge in [-0.1, -0.05) is 11.8 Å². The molecule has 1 atom stereocenters. The van der Waals surface area contributed by atoms with E-state index in [0.29, 0.717) is 6.04 Å². The molecule has 1 unspecified atom stereocenters. The van der Waals surface area contributed by atoms with Gasteiger partial charge in [0.15, 0.2) is 5.17 Å². The summed E-state index contributed by atoms with van der Waals surface area (Å²) in [5.41, 5.74) is 0. The van der Waals surface area contributed by atoms with Crippen LogP contribution in [0.25, 0.3) is 0 Å². The molecule has 62 valence electrons. The van der Waals surface area contributed by atoms with Gasteiger partial charge in [-0.2, -0.15) is 0 Å². The lowest BCUT2D eigenvalue weighted by atomic mass is 10.3. The van der Waals surface area contributed by atoms with Crippen molar-refractivity contribution >= 4 is 16.9 Å². The molecule has 0 aromatic heterocycles. The fraction of sp³-hybridized carbons (Fsp3) is 0.857. The predicted molar refractivity (Wildman–Crippen MR) is 49.2 cm³/mol. The summed E-state index contributed by atoms with van der Waals surface area (Å²) in [5.74, 6) is 1.16. The minimum Gasteiger partial charge on any atom is -0.361 e. The molecule has 0 amide bonds. The van der Waals surface area contributed by atoms with Crippen LogP contribution < -0.4 is 10.6 Å². The first-order valence-corrected chi connectivity index (χ1v) is 5.08. The van der Waals surface area contributed by atoms with Gasteiger partial charge in [-0.05, 0) is 13.0 Å². The van der Waals surface area contributed by atoms with Crippen molar-refractivity contribution in [2.75, 3.05) is 25.4 Å². The van der Waals surface area contributed by atoms with E-state index in [2.05, 4.69) is 15.6 Å². The van der Waals surface area contributed by atoms with Crippen LogP contribution in [0.1, 0.15) is 6.42 Å². The predicted octanol–water partition coefficient (Wildman–Crippen LogP) is 0.0407. The molecule has 2 rings (SSSR count). The van der Waals surface area contributed by atoms with Crippen molar-refractivity contribution in [1.29, 1.82) is 0 Å². The molecule has 0 aromatic rings. The molecule has 3 nitrogen and oxygen atoms in total. The van der Waals surface area contributed by atoms with Gasteiger partial charge in [0.05, 0.1) is 6.54 Å². The average molecular weight is 171 g/mol. The largest absolute Gasteiger partial charge is 0.361 e. The lowest BCUT2D eigenvalue weighted by Gasteiger charge is -2.10. The zero-order valence-corrected chi connectivity index (χ0v) is 7.28. The molecule has 2 aliphatic heterocycles. The van der Waals surface area contributed by atoms with E-state index in [1.165, 1.54) is 6.42 Å². The Morgan fingerprint density at radius 3 is 3.27 bits per heavy atom. The standard InChI is InChI=1S/C7H13N3S/c1-2-8-5-6(1)10-7-9-3-4-11-7/h6,8H,1-5H2,(H,9,10). The first-order valence-electron chi connectivity index (χ1n) is 4.09. The smallest absolute Gasteiger partial charge is 0.156 e. The molecule has 2 heterocycles. The first-order chi connectivity index (χ1) is 5.45. The Morgan fingerprint density at radius 2 is 2.64 bits per heavy atom. The van der Waals surface area contributed by atoms with Crippen LogP contribution in [0.3, 0.4) is 0 Å². The number of hydrogen-bond donors (Lipinski definition) is 2. The molecule has 0 saturated carbocycles. The van der Waals surface area contributed by atoms with Crippen molar-refractivity contribution in [1.82, 2.24) is 10.6 Å². The molecule has 11 heavy (non-hydrogen) atoms. The lowest BCUT2D eigenvalue weighted by Crippen LogP contribution is -2.33. The van der Waals surface area contributed by atoms with Gasteiger partial charge in [0.25, 0.3) is 0 Å². The lowest BCUT2D eigenvalue weighted by molar-refractivity contribution is 0.668. The highest BCUT2D eigenvalue weighted by molar-refractivity contribution is 8.14. The van der Waals surface area contributed by atoms with Crippen LogP contribution in [-0.4, -0.2) is 36.6 Å². The van der Waals surface area contributed by atoms with Crippen LogP contribution in [-0.2, 0) is 0 Å². The van der Waals surface area contributed by atoms with E-state index < -0.39 is 0 Å². The summed E-state index contributed by atoms with van der Waals surface area (Å²) < 4.78 is 0. The maximum atomic E-state index is 4.34. The zero-order chi connectivity index (χ0) is 7.52. The summed E-state index contributed by atoms with van der Waals surface area (Å²) in [6.07, 6.45) is 1.24. The number of nitrogens with one attached hydrogen (secondary N) is 2. The molecule has 4 heteroatoms. The molecule has 0 aliphatic carbocycles. The molecule has 1 saturated heterocycles. The summed E-state index contributed by atoms with van der Waals surface area (Å²) in [6.45, 7) is 3.24. The molecule has 0 bridgehead atoms. The van der Waals surface area contributed by atoms with Crippen LogP contribution in [0.4, 0.5) is 0 Å². The van der Waals surface area contributed by atoms with Gasteiger partial charge in [0, 0.05) is 18.3 Å². The van der Waals surface area contributed by atoms with Crippen molar-refractivity contribution in [2.24, 2.45) is 4.99 Å². The minimum atomic E-state index is 0.624. The SMILES string of the molecule is C1CSC(NC2CCNC2)=N1. The number of hydrogen-bond acceptors (Lipinski definition) is 4. The van der Waals surface area contributed by atoms with Gasteiger partial charge < -0.3 is 10.6 Å². The molecule has 0 aromatic carbocycles. The second-order valence-electron chi connectivity index (χ2n) is 2.87. The Kier molecular flexibility index (Phi) is 2.33. The number of thioether (sulfide) groups is 1. The van der Waals surface area contributed by atoms with Crippen LogP contribution in [0.15, 0.2) is 4.99 Å². The Balaban J connectivity index is 1.79. The topological polar surface area (TPSA) is 36.4 Å². The molecule has 2 aliphatic rings. The van der Waals surface area contributed by atoms with E-state index in [-0.39, 0.29) is 0 Å². The van der Waals surface area contributed by atoms with Gasteiger partial charge in [-0.25, -0.2) is 0 Å². The average Bonchev–Trinajstić information content (AvgIpc) is 2.60. The third kappa shape index (κ3) is 1.87. The molecule has 0 radical (unpaired) electrons. The van der Waals surface area contributed by atoms with E-state index >= 15 is 0 Å². The maximum Gasteiger partial charge on any atom is 0.156 e. The molecule has 1 fully saturated rings. The summed E-state index contributed by atoms with van der Waals surface area (Å²) in [5, 5.41) is 7.90. The third-order valence-electron chi connectivity index (χ3n) is 1.97. The Morgan fingerprint density at radius 1 is 1.64 bits per heavy atom. The second kappa shape index (κ2) is 3.45. The maximum absolute atomic E-state index is 4.34. The number of amidine groups is 1. The van der Waals surface area contributed by atoms with Gasteiger partial charge >= 0.3 is 0 Å². The molecular weight excluding hydrogens is 158 g/mol. The summed E-state index contributed by atoms with van der Waals surface area (Å²) in [7, 11) is 0. The van der Waals surface area contributed by atoms with Crippen molar-refractivity contribution in [3.63, 3.8) is 0 Å². The number of rotatable bonds is 1. The van der Waals surface area contributed by atoms with Crippen molar-refractivity contribution < 1.29 is 0 Å². The fourth-order valence-corrected chi connectivity index (χ4v) is 2.18. The van der Waals surface area contributed by atoms with Gasteiger partial charge in [0.1, 0.15) is 0 Å². The van der Waals surface area contributed by atoms with Gasteiger partial charge in [-0.3, -0.25) is 4.99 Å². The molecular formula is C7H13N3S. The van der Waals surface area contributed by atoms with Gasteiger partial charge in [0.2, 0.25) is 0 Å². The van der Waals surface area contributed by atoms with E-state index in [1.807, 2.05) is 11.8 Å². The monoisotopic (exact) mass is 171 g/mol. The van der Waals surface area contributed by atoms with Crippen LogP contribution in [0, 0.1) is 0 Å². The number of aliphatic imine (C=N–C) groups is 1. The number of nitrogens with zero attached hydrogens (tertiary/aromatic N) is 1. The quantitative estimate of drug-likeness (QED) is 0.585. The Labute approximate surface area is 71.0 Å². The summed E-state index contributed by atoms with van der Waals surface area (Å²) >= 11 is 1.84. The van der Waals surface area contributed by atoms with Crippen LogP contribution in [0.2, 0.25) is 0 Å². The minimum absolute atomic E-state index is 0.624. The molecule has 0 spiro atoms. The third-order valence-corrected chi connectivity index (χ3v) is 2.88. The van der Waals surface area contributed by atoms with Crippen molar-refractivity contribution in [3.8, 4) is 0 Å². The normalized spacial score (nSPS) is 30.5. The van der Waals surface area contributed by atoms with E-state index in [4.69, 9.17) is 0 Å². The highest BCUT2D eigenvalue weighted by Gasteiger charge is 2.16. The highest BCUT2D eigenvalue weighted by Crippen LogP contribution is 2.10. The highest BCUT2D eigenvalue weighted by atomic mass is 32.2. The van der Waals surface area contributed by atoms with Crippen LogP contribution >= 0.6 is 11.8 Å². The van der Waals surface area contributed by atoms with E-state index in [9.17, 15) is 0 Å². The Hall–Kier alpha value is -0.220. The molecule has 2 N–H and O–H groups in total. The van der Waals surface area contributed by atoms with Crippen LogP contribution in [0.5, 0.6) is 0 Å². The van der Waals surface area contributed by atoms with Crippen molar-refractivity contribution in [2.45, 2.75) is 12.5 Å². The summed E-state index contributed by atoms with van der Waals surface area (Å²) in [4.78, 5) is 4.34. The zero-order valence-electron chi connectivity index (χ0n) is 6.47. The van der Waals surface area contributed by atoms with Gasteiger partial charge in [-0.15, -0.1) is 0 Å².